The number of nitro benzene ring substituents is 1. The molecule has 1 heterocycles. The van der Waals surface area contributed by atoms with E-state index < -0.39 is 10.9 Å². The van der Waals surface area contributed by atoms with Crippen molar-refractivity contribution < 1.29 is 19.2 Å². The summed E-state index contributed by atoms with van der Waals surface area (Å²) in [4.78, 5) is 36.4. The van der Waals surface area contributed by atoms with Crippen LogP contribution in [0.1, 0.15) is 43.5 Å². The molecule has 0 bridgehead atoms. The SMILES string of the molecule is C[C@@H]1CCC[C@@H](C)N1C(=O)COC(=O)c1ccc(Br)c([N+](=O)[O-])c1. The van der Waals surface area contributed by atoms with Crippen LogP contribution in [0.4, 0.5) is 5.69 Å². The number of rotatable bonds is 4. The Labute approximate surface area is 148 Å². The van der Waals surface area contributed by atoms with Crippen LogP contribution in [0.3, 0.4) is 0 Å². The predicted octanol–water partition coefficient (Wildman–Crippen LogP) is 3.30. The monoisotopic (exact) mass is 398 g/mol. The molecule has 8 heteroatoms. The lowest BCUT2D eigenvalue weighted by atomic mass is 9.97. The van der Waals surface area contributed by atoms with Crippen molar-refractivity contribution in [2.24, 2.45) is 0 Å². The fourth-order valence-electron chi connectivity index (χ4n) is 2.98. The maximum atomic E-state index is 12.3. The molecule has 1 aliphatic heterocycles. The highest BCUT2D eigenvalue weighted by Crippen LogP contribution is 2.26. The molecule has 1 amide bonds. The van der Waals surface area contributed by atoms with Crippen LogP contribution in [-0.4, -0.2) is 40.4 Å². The molecule has 24 heavy (non-hydrogen) atoms. The molecule has 0 spiro atoms. The number of carbonyl (C=O) groups is 2. The van der Waals surface area contributed by atoms with E-state index in [4.69, 9.17) is 4.74 Å². The minimum absolute atomic E-state index is 0.0393. The molecule has 1 saturated heterocycles. The number of esters is 1. The summed E-state index contributed by atoms with van der Waals surface area (Å²) in [6, 6.07) is 4.19. The van der Waals surface area contributed by atoms with E-state index in [1.807, 2.05) is 13.8 Å². The highest BCUT2D eigenvalue weighted by molar-refractivity contribution is 9.10. The van der Waals surface area contributed by atoms with E-state index in [2.05, 4.69) is 15.9 Å². The highest BCUT2D eigenvalue weighted by Gasteiger charge is 2.29. The number of hydrogen-bond donors (Lipinski definition) is 0. The lowest BCUT2D eigenvalue weighted by Crippen LogP contribution is -2.49. The van der Waals surface area contributed by atoms with Gasteiger partial charge in [-0.1, -0.05) is 0 Å². The standard InChI is InChI=1S/C16H19BrN2O5/c1-10-4-3-5-11(2)18(10)15(20)9-24-16(21)12-6-7-13(17)14(8-12)19(22)23/h6-8,10-11H,3-5,9H2,1-2H3/t10-,11-/m1/s1. The Morgan fingerprint density at radius 1 is 1.33 bits per heavy atom. The molecule has 7 nitrogen and oxygen atoms in total. The van der Waals surface area contributed by atoms with Crippen LogP contribution in [0.15, 0.2) is 22.7 Å². The topological polar surface area (TPSA) is 89.8 Å². The second-order valence-electron chi connectivity index (χ2n) is 5.93. The molecule has 2 rings (SSSR count). The Morgan fingerprint density at radius 3 is 2.54 bits per heavy atom. The van der Waals surface area contributed by atoms with Crippen LogP contribution in [-0.2, 0) is 9.53 Å². The molecule has 0 N–H and O–H groups in total. The molecule has 1 aromatic carbocycles. The number of ether oxygens (including phenoxy) is 1. The zero-order valence-corrected chi connectivity index (χ0v) is 15.1. The lowest BCUT2D eigenvalue weighted by molar-refractivity contribution is -0.385. The van der Waals surface area contributed by atoms with Crippen molar-refractivity contribution in [1.29, 1.82) is 0 Å². The van der Waals surface area contributed by atoms with E-state index in [1.165, 1.54) is 12.1 Å². The van der Waals surface area contributed by atoms with Gasteiger partial charge in [0.05, 0.1) is 15.0 Å². The van der Waals surface area contributed by atoms with Crippen LogP contribution >= 0.6 is 15.9 Å². The second kappa shape index (κ2) is 7.74. The molecule has 0 saturated carbocycles. The van der Waals surface area contributed by atoms with Crippen LogP contribution in [0.2, 0.25) is 0 Å². The summed E-state index contributed by atoms with van der Waals surface area (Å²) in [5, 5.41) is 10.9. The summed E-state index contributed by atoms with van der Waals surface area (Å²) in [6.07, 6.45) is 2.94. The Morgan fingerprint density at radius 2 is 1.96 bits per heavy atom. The maximum absolute atomic E-state index is 12.3. The van der Waals surface area contributed by atoms with Gasteiger partial charge in [-0.25, -0.2) is 4.79 Å². The predicted molar refractivity (Wildman–Crippen MR) is 90.7 cm³/mol. The molecule has 0 aliphatic carbocycles. The number of halogens is 1. The molecule has 2 atom stereocenters. The van der Waals surface area contributed by atoms with E-state index in [1.54, 1.807) is 4.90 Å². The van der Waals surface area contributed by atoms with Crippen LogP contribution < -0.4 is 0 Å². The fourth-order valence-corrected chi connectivity index (χ4v) is 3.37. The van der Waals surface area contributed by atoms with Gasteiger partial charge in [0.2, 0.25) is 0 Å². The molecule has 130 valence electrons. The average Bonchev–Trinajstić information content (AvgIpc) is 2.52. The second-order valence-corrected chi connectivity index (χ2v) is 6.78. The van der Waals surface area contributed by atoms with Crippen molar-refractivity contribution in [3.05, 3.63) is 38.3 Å². The minimum atomic E-state index is -0.753. The minimum Gasteiger partial charge on any atom is -0.452 e. The number of nitrogens with zero attached hydrogens (tertiary/aromatic N) is 2. The number of likely N-dealkylation sites (tertiary alicyclic amines) is 1. The largest absolute Gasteiger partial charge is 0.452 e. The van der Waals surface area contributed by atoms with Crippen molar-refractivity contribution in [1.82, 2.24) is 4.90 Å². The fraction of sp³-hybridized carbons (Fsp3) is 0.500. The van der Waals surface area contributed by atoms with Gasteiger partial charge in [0.1, 0.15) is 0 Å². The van der Waals surface area contributed by atoms with Crippen molar-refractivity contribution in [2.45, 2.75) is 45.2 Å². The van der Waals surface area contributed by atoms with Crippen molar-refractivity contribution >= 4 is 33.5 Å². The van der Waals surface area contributed by atoms with Gasteiger partial charge in [0.15, 0.2) is 6.61 Å². The first kappa shape index (κ1) is 18.4. The number of benzene rings is 1. The van der Waals surface area contributed by atoms with E-state index in [9.17, 15) is 19.7 Å². The first-order valence-electron chi connectivity index (χ1n) is 7.73. The zero-order chi connectivity index (χ0) is 17.9. The van der Waals surface area contributed by atoms with Crippen molar-refractivity contribution in [3.8, 4) is 0 Å². The smallest absolute Gasteiger partial charge is 0.338 e. The Kier molecular flexibility index (Phi) is 5.93. The molecule has 0 unspecified atom stereocenters. The number of hydrogen-bond acceptors (Lipinski definition) is 5. The Bertz CT molecular complexity index is 654. The third-order valence-electron chi connectivity index (χ3n) is 4.19. The number of nitro groups is 1. The summed E-state index contributed by atoms with van der Waals surface area (Å²) in [5.41, 5.74) is -0.188. The zero-order valence-electron chi connectivity index (χ0n) is 13.5. The first-order chi connectivity index (χ1) is 11.3. The average molecular weight is 399 g/mol. The van der Waals surface area contributed by atoms with Gasteiger partial charge in [-0.3, -0.25) is 14.9 Å². The van der Waals surface area contributed by atoms with Gasteiger partial charge < -0.3 is 9.64 Å². The third-order valence-corrected chi connectivity index (χ3v) is 4.86. The summed E-state index contributed by atoms with van der Waals surface area (Å²) in [7, 11) is 0. The molecule has 1 aliphatic rings. The van der Waals surface area contributed by atoms with Gasteiger partial charge in [0, 0.05) is 18.2 Å². The third kappa shape index (κ3) is 4.11. The van der Waals surface area contributed by atoms with Crippen LogP contribution in [0, 0.1) is 10.1 Å². The molecule has 0 aromatic heterocycles. The maximum Gasteiger partial charge on any atom is 0.338 e. The van der Waals surface area contributed by atoms with Crippen LogP contribution in [0.5, 0.6) is 0 Å². The molecule has 0 radical (unpaired) electrons. The lowest BCUT2D eigenvalue weighted by Gasteiger charge is -2.38. The molecule has 1 fully saturated rings. The highest BCUT2D eigenvalue weighted by atomic mass is 79.9. The van der Waals surface area contributed by atoms with Crippen LogP contribution in [0.25, 0.3) is 0 Å². The molecular weight excluding hydrogens is 380 g/mol. The van der Waals surface area contributed by atoms with Gasteiger partial charge in [-0.15, -0.1) is 0 Å². The summed E-state index contributed by atoms with van der Waals surface area (Å²) in [6.45, 7) is 3.60. The van der Waals surface area contributed by atoms with E-state index in [0.29, 0.717) is 0 Å². The first-order valence-corrected chi connectivity index (χ1v) is 8.52. The number of amides is 1. The van der Waals surface area contributed by atoms with Gasteiger partial charge >= 0.3 is 5.97 Å². The summed E-state index contributed by atoms with van der Waals surface area (Å²) in [5.74, 6) is -0.995. The van der Waals surface area contributed by atoms with Gasteiger partial charge in [0.25, 0.3) is 11.6 Å². The van der Waals surface area contributed by atoms with E-state index in [0.717, 1.165) is 25.3 Å². The number of carbonyl (C=O) groups excluding carboxylic acids is 2. The van der Waals surface area contributed by atoms with Crippen molar-refractivity contribution in [3.63, 3.8) is 0 Å². The van der Waals surface area contributed by atoms with Gasteiger partial charge in [-0.05, 0) is 61.2 Å². The van der Waals surface area contributed by atoms with Gasteiger partial charge in [-0.2, -0.15) is 0 Å². The normalized spacial score (nSPS) is 20.5. The van der Waals surface area contributed by atoms with E-state index >= 15 is 0 Å². The molecular formula is C16H19BrN2O5. The van der Waals surface area contributed by atoms with E-state index in [-0.39, 0.29) is 40.3 Å². The van der Waals surface area contributed by atoms with Crippen molar-refractivity contribution in [2.75, 3.05) is 6.61 Å². The quantitative estimate of drug-likeness (QED) is 0.440. The number of piperidine rings is 1. The summed E-state index contributed by atoms with van der Waals surface area (Å²) < 4.78 is 5.32. The Balaban J connectivity index is 2.01. The molecule has 1 aromatic rings. The summed E-state index contributed by atoms with van der Waals surface area (Å²) >= 11 is 3.05. The Hall–Kier alpha value is -1.96.